The van der Waals surface area contributed by atoms with Crippen LogP contribution in [0.2, 0.25) is 0 Å². The predicted molar refractivity (Wildman–Crippen MR) is 69.6 cm³/mol. The van der Waals surface area contributed by atoms with E-state index in [-0.39, 0.29) is 24.1 Å². The monoisotopic (exact) mass is 254 g/mol. The molecule has 1 rings (SSSR count). The first kappa shape index (κ1) is 14.5. The normalized spacial score (nSPS) is 10.7. The Morgan fingerprint density at radius 2 is 1.78 bits per heavy atom. The van der Waals surface area contributed by atoms with Gasteiger partial charge in [0.05, 0.1) is 12.7 Å². The van der Waals surface area contributed by atoms with E-state index < -0.39 is 0 Å². The Morgan fingerprint density at radius 3 is 2.44 bits per heavy atom. The predicted octanol–water partition coefficient (Wildman–Crippen LogP) is 2.20. The molecule has 0 radical (unpaired) electrons. The van der Waals surface area contributed by atoms with Gasteiger partial charge in [-0.25, -0.2) is 0 Å². The average molecular weight is 254 g/mol. The van der Waals surface area contributed by atoms with Crippen LogP contribution < -0.4 is 15.2 Å². The lowest BCUT2D eigenvalue weighted by atomic mass is 10.2. The van der Waals surface area contributed by atoms with Crippen molar-refractivity contribution >= 4 is 5.95 Å². The SMILES string of the molecule is CCCCCCOc1nc(N)nc(OC(C)C)n1. The van der Waals surface area contributed by atoms with Crippen LogP contribution in [0.3, 0.4) is 0 Å². The van der Waals surface area contributed by atoms with Crippen molar-refractivity contribution in [3.63, 3.8) is 0 Å². The molecule has 0 amide bonds. The smallest absolute Gasteiger partial charge is 0.324 e. The second-order valence-electron chi connectivity index (χ2n) is 4.33. The molecule has 0 bridgehead atoms. The summed E-state index contributed by atoms with van der Waals surface area (Å²) in [5, 5.41) is 0. The van der Waals surface area contributed by atoms with Gasteiger partial charge in [-0.05, 0) is 20.3 Å². The average Bonchev–Trinajstić information content (AvgIpc) is 2.27. The lowest BCUT2D eigenvalue weighted by molar-refractivity contribution is 0.212. The van der Waals surface area contributed by atoms with E-state index >= 15 is 0 Å². The maximum Gasteiger partial charge on any atom is 0.324 e. The van der Waals surface area contributed by atoms with Gasteiger partial charge in [-0.2, -0.15) is 9.97 Å². The summed E-state index contributed by atoms with van der Waals surface area (Å²) in [6.07, 6.45) is 4.53. The summed E-state index contributed by atoms with van der Waals surface area (Å²) in [6, 6.07) is 0.440. The third-order valence-electron chi connectivity index (χ3n) is 2.18. The van der Waals surface area contributed by atoms with Crippen molar-refractivity contribution in [1.29, 1.82) is 0 Å². The number of anilines is 1. The van der Waals surface area contributed by atoms with Gasteiger partial charge < -0.3 is 15.2 Å². The molecule has 0 aliphatic carbocycles. The molecule has 1 heterocycles. The van der Waals surface area contributed by atoms with E-state index in [9.17, 15) is 0 Å². The van der Waals surface area contributed by atoms with Gasteiger partial charge in [0.25, 0.3) is 0 Å². The minimum absolute atomic E-state index is 0.01000. The largest absolute Gasteiger partial charge is 0.463 e. The van der Waals surface area contributed by atoms with Crippen LogP contribution in [0.1, 0.15) is 46.5 Å². The van der Waals surface area contributed by atoms with Crippen LogP contribution >= 0.6 is 0 Å². The van der Waals surface area contributed by atoms with Gasteiger partial charge in [-0.3, -0.25) is 0 Å². The Hall–Kier alpha value is -1.59. The summed E-state index contributed by atoms with van der Waals surface area (Å²) in [5.74, 6) is 0.115. The molecule has 1 aromatic heterocycles. The molecule has 0 spiro atoms. The zero-order valence-corrected chi connectivity index (χ0v) is 11.3. The van der Waals surface area contributed by atoms with Gasteiger partial charge in [-0.1, -0.05) is 26.2 Å². The summed E-state index contributed by atoms with van der Waals surface area (Å²) in [7, 11) is 0. The zero-order valence-electron chi connectivity index (χ0n) is 11.3. The van der Waals surface area contributed by atoms with Crippen molar-refractivity contribution in [1.82, 2.24) is 15.0 Å². The van der Waals surface area contributed by atoms with Crippen LogP contribution in [-0.2, 0) is 0 Å². The first-order valence-electron chi connectivity index (χ1n) is 6.42. The maximum atomic E-state index is 5.56. The Morgan fingerprint density at radius 1 is 1.06 bits per heavy atom. The fourth-order valence-corrected chi connectivity index (χ4v) is 1.37. The molecule has 0 fully saturated rings. The molecule has 0 atom stereocenters. The molecule has 6 heteroatoms. The van der Waals surface area contributed by atoms with Gasteiger partial charge >= 0.3 is 12.0 Å². The van der Waals surface area contributed by atoms with Gasteiger partial charge in [0.2, 0.25) is 5.95 Å². The molecule has 2 N–H and O–H groups in total. The highest BCUT2D eigenvalue weighted by Crippen LogP contribution is 2.12. The van der Waals surface area contributed by atoms with E-state index in [1.807, 2.05) is 13.8 Å². The Kier molecular flexibility index (Phi) is 6.18. The van der Waals surface area contributed by atoms with Gasteiger partial charge in [0.15, 0.2) is 0 Å². The highest BCUT2D eigenvalue weighted by Gasteiger charge is 2.07. The van der Waals surface area contributed by atoms with Crippen LogP contribution in [0.4, 0.5) is 5.95 Å². The first-order valence-corrected chi connectivity index (χ1v) is 6.42. The fraction of sp³-hybridized carbons (Fsp3) is 0.750. The van der Waals surface area contributed by atoms with Crippen LogP contribution in [0.25, 0.3) is 0 Å². The van der Waals surface area contributed by atoms with Crippen molar-refractivity contribution in [3.8, 4) is 12.0 Å². The number of aromatic nitrogens is 3. The third-order valence-corrected chi connectivity index (χ3v) is 2.18. The zero-order chi connectivity index (χ0) is 13.4. The molecule has 6 nitrogen and oxygen atoms in total. The number of unbranched alkanes of at least 4 members (excludes halogenated alkanes) is 3. The minimum Gasteiger partial charge on any atom is -0.463 e. The van der Waals surface area contributed by atoms with E-state index in [0.717, 1.165) is 12.8 Å². The van der Waals surface area contributed by atoms with Crippen LogP contribution in [-0.4, -0.2) is 27.7 Å². The van der Waals surface area contributed by atoms with Gasteiger partial charge in [-0.15, -0.1) is 4.98 Å². The van der Waals surface area contributed by atoms with Gasteiger partial charge in [0.1, 0.15) is 0 Å². The number of nitrogen functional groups attached to an aromatic ring is 1. The first-order chi connectivity index (χ1) is 8.61. The van der Waals surface area contributed by atoms with E-state index in [4.69, 9.17) is 15.2 Å². The molecule has 0 aliphatic heterocycles. The number of ether oxygens (including phenoxy) is 2. The molecule has 0 unspecified atom stereocenters. The minimum atomic E-state index is -0.01000. The second-order valence-corrected chi connectivity index (χ2v) is 4.33. The molecule has 102 valence electrons. The summed E-state index contributed by atoms with van der Waals surface area (Å²) < 4.78 is 10.8. The summed E-state index contributed by atoms with van der Waals surface area (Å²) in [5.41, 5.74) is 5.56. The standard InChI is InChI=1S/C12H22N4O2/c1-4-5-6-7-8-17-11-14-10(13)15-12(16-11)18-9(2)3/h9H,4-8H2,1-3H3,(H2,13,14,15,16). The number of nitrogens with two attached hydrogens (primary N) is 1. The maximum absolute atomic E-state index is 5.56. The van der Waals surface area contributed by atoms with Crippen molar-refractivity contribution in [2.24, 2.45) is 0 Å². The number of rotatable bonds is 8. The highest BCUT2D eigenvalue weighted by molar-refractivity contribution is 5.20. The topological polar surface area (TPSA) is 83.2 Å². The Balaban J connectivity index is 2.46. The molecule has 0 saturated heterocycles. The summed E-state index contributed by atoms with van der Waals surface area (Å²) >= 11 is 0. The number of hydrogen-bond acceptors (Lipinski definition) is 6. The molecular weight excluding hydrogens is 232 g/mol. The third kappa shape index (κ3) is 5.65. The van der Waals surface area contributed by atoms with Crippen molar-refractivity contribution in [2.45, 2.75) is 52.6 Å². The van der Waals surface area contributed by atoms with E-state index in [1.54, 1.807) is 0 Å². The van der Waals surface area contributed by atoms with Crippen molar-refractivity contribution in [3.05, 3.63) is 0 Å². The van der Waals surface area contributed by atoms with Crippen molar-refractivity contribution in [2.75, 3.05) is 12.3 Å². The quantitative estimate of drug-likeness (QED) is 0.716. The molecule has 18 heavy (non-hydrogen) atoms. The molecule has 0 saturated carbocycles. The van der Waals surface area contributed by atoms with Crippen LogP contribution in [0.15, 0.2) is 0 Å². The highest BCUT2D eigenvalue weighted by atomic mass is 16.5. The second kappa shape index (κ2) is 7.68. The lowest BCUT2D eigenvalue weighted by Crippen LogP contribution is -2.12. The molecule has 1 aromatic rings. The Bertz CT molecular complexity index is 358. The summed E-state index contributed by atoms with van der Waals surface area (Å²) in [6.45, 7) is 6.55. The lowest BCUT2D eigenvalue weighted by Gasteiger charge is -2.09. The van der Waals surface area contributed by atoms with Crippen LogP contribution in [0.5, 0.6) is 12.0 Å². The summed E-state index contributed by atoms with van der Waals surface area (Å²) in [4.78, 5) is 11.8. The van der Waals surface area contributed by atoms with E-state index in [0.29, 0.717) is 6.61 Å². The fourth-order valence-electron chi connectivity index (χ4n) is 1.37. The Labute approximate surface area is 108 Å². The molecule has 0 aliphatic rings. The molecule has 0 aromatic carbocycles. The number of hydrogen-bond donors (Lipinski definition) is 1. The van der Waals surface area contributed by atoms with E-state index in [1.165, 1.54) is 12.8 Å². The van der Waals surface area contributed by atoms with Crippen LogP contribution in [0, 0.1) is 0 Å². The van der Waals surface area contributed by atoms with Gasteiger partial charge in [0, 0.05) is 0 Å². The number of nitrogens with zero attached hydrogens (tertiary/aromatic N) is 3. The molecular formula is C12H22N4O2. The van der Waals surface area contributed by atoms with Crippen molar-refractivity contribution < 1.29 is 9.47 Å². The van der Waals surface area contributed by atoms with E-state index in [2.05, 4.69) is 21.9 Å².